The maximum atomic E-state index is 11.0. The molecule has 1 aromatic carbocycles. The van der Waals surface area contributed by atoms with Crippen molar-refractivity contribution in [3.05, 3.63) is 56.3 Å². The van der Waals surface area contributed by atoms with Crippen LogP contribution in [0.2, 0.25) is 0 Å². The number of nitro benzene ring substituents is 1. The molecule has 6 heteroatoms. The summed E-state index contributed by atoms with van der Waals surface area (Å²) in [5, 5.41) is 12.9. The van der Waals surface area contributed by atoms with E-state index in [-0.39, 0.29) is 15.4 Å². The van der Waals surface area contributed by atoms with Gasteiger partial charge in [-0.3, -0.25) is 10.1 Å². The van der Waals surface area contributed by atoms with E-state index in [0.29, 0.717) is 12.0 Å². The maximum absolute atomic E-state index is 11.0. The molecule has 1 aromatic heterocycles. The third-order valence-corrected chi connectivity index (χ3v) is 4.85. The standard InChI is InChI=1S/C13H12BrNO3S/c1-18-12-6-7-19-13(12)10(14)8-9-4-2-3-5-11(9)15(16)17/h2-7,10H,8H2,1H3. The van der Waals surface area contributed by atoms with Gasteiger partial charge in [0.2, 0.25) is 0 Å². The summed E-state index contributed by atoms with van der Waals surface area (Å²) in [6.07, 6.45) is 0.550. The van der Waals surface area contributed by atoms with Gasteiger partial charge < -0.3 is 4.74 Å². The van der Waals surface area contributed by atoms with Gasteiger partial charge in [0, 0.05) is 11.6 Å². The van der Waals surface area contributed by atoms with Crippen LogP contribution in [0.1, 0.15) is 15.3 Å². The van der Waals surface area contributed by atoms with Crippen LogP contribution in [-0.4, -0.2) is 12.0 Å². The van der Waals surface area contributed by atoms with Crippen molar-refractivity contribution in [2.45, 2.75) is 11.2 Å². The number of ether oxygens (including phenoxy) is 1. The predicted molar refractivity (Wildman–Crippen MR) is 79.3 cm³/mol. The Bertz CT molecular complexity index is 585. The van der Waals surface area contributed by atoms with Gasteiger partial charge in [0.15, 0.2) is 0 Å². The Kier molecular flexibility index (Phi) is 4.55. The van der Waals surface area contributed by atoms with Crippen LogP contribution in [0.5, 0.6) is 5.75 Å². The average molecular weight is 342 g/mol. The van der Waals surface area contributed by atoms with Gasteiger partial charge in [-0.15, -0.1) is 11.3 Å². The molecule has 0 spiro atoms. The molecule has 2 rings (SSSR count). The minimum Gasteiger partial charge on any atom is -0.496 e. The molecule has 1 atom stereocenters. The smallest absolute Gasteiger partial charge is 0.272 e. The van der Waals surface area contributed by atoms with E-state index < -0.39 is 0 Å². The first-order valence-electron chi connectivity index (χ1n) is 5.61. The lowest BCUT2D eigenvalue weighted by Gasteiger charge is -2.10. The molecule has 100 valence electrons. The second-order valence-electron chi connectivity index (χ2n) is 3.91. The van der Waals surface area contributed by atoms with Crippen molar-refractivity contribution in [1.29, 1.82) is 0 Å². The Hall–Kier alpha value is -1.40. The normalized spacial score (nSPS) is 12.1. The number of hydrogen-bond donors (Lipinski definition) is 0. The molecule has 0 aliphatic heterocycles. The van der Waals surface area contributed by atoms with E-state index in [2.05, 4.69) is 15.9 Å². The Balaban J connectivity index is 2.24. The van der Waals surface area contributed by atoms with Crippen LogP contribution in [0, 0.1) is 10.1 Å². The lowest BCUT2D eigenvalue weighted by molar-refractivity contribution is -0.385. The van der Waals surface area contributed by atoms with Gasteiger partial charge in [-0.1, -0.05) is 34.1 Å². The quantitative estimate of drug-likeness (QED) is 0.461. The summed E-state index contributed by atoms with van der Waals surface area (Å²) < 4.78 is 5.27. The molecule has 1 heterocycles. The van der Waals surface area contributed by atoms with Gasteiger partial charge in [-0.2, -0.15) is 0 Å². The van der Waals surface area contributed by atoms with Gasteiger partial charge in [0.1, 0.15) is 5.75 Å². The van der Waals surface area contributed by atoms with Crippen LogP contribution in [0.4, 0.5) is 5.69 Å². The fourth-order valence-electron chi connectivity index (χ4n) is 1.85. The van der Waals surface area contributed by atoms with Crippen LogP contribution in [0.3, 0.4) is 0 Å². The molecule has 1 unspecified atom stereocenters. The van der Waals surface area contributed by atoms with Crippen molar-refractivity contribution in [2.24, 2.45) is 0 Å². The zero-order chi connectivity index (χ0) is 13.8. The Labute approximate surface area is 123 Å². The summed E-state index contributed by atoms with van der Waals surface area (Å²) in [5.41, 5.74) is 0.868. The monoisotopic (exact) mass is 341 g/mol. The first kappa shape index (κ1) is 14.0. The van der Waals surface area contributed by atoms with Crippen molar-refractivity contribution in [3.63, 3.8) is 0 Å². The molecule has 0 amide bonds. The highest BCUT2D eigenvalue weighted by Gasteiger charge is 2.20. The van der Waals surface area contributed by atoms with E-state index >= 15 is 0 Å². The molecule has 0 N–H and O–H groups in total. The molecule has 19 heavy (non-hydrogen) atoms. The molecular formula is C13H12BrNO3S. The molecule has 0 aliphatic rings. The van der Waals surface area contributed by atoms with E-state index in [1.165, 1.54) is 6.07 Å². The number of nitrogens with zero attached hydrogens (tertiary/aromatic N) is 1. The van der Waals surface area contributed by atoms with Crippen LogP contribution in [-0.2, 0) is 6.42 Å². The van der Waals surface area contributed by atoms with Gasteiger partial charge in [-0.05, 0) is 17.9 Å². The number of alkyl halides is 1. The maximum Gasteiger partial charge on any atom is 0.272 e. The van der Waals surface area contributed by atoms with Crippen molar-refractivity contribution in [2.75, 3.05) is 7.11 Å². The van der Waals surface area contributed by atoms with Gasteiger partial charge in [0.25, 0.3) is 5.69 Å². The van der Waals surface area contributed by atoms with E-state index in [1.807, 2.05) is 17.5 Å². The van der Waals surface area contributed by atoms with Gasteiger partial charge in [0.05, 0.1) is 21.7 Å². The molecule has 0 radical (unpaired) electrons. The van der Waals surface area contributed by atoms with Crippen molar-refractivity contribution >= 4 is 33.0 Å². The van der Waals surface area contributed by atoms with E-state index in [0.717, 1.165) is 10.6 Å². The fraction of sp³-hybridized carbons (Fsp3) is 0.231. The second-order valence-corrected chi connectivity index (χ2v) is 5.96. The molecule has 0 fully saturated rings. The number of para-hydroxylation sites is 1. The SMILES string of the molecule is COc1ccsc1C(Br)Cc1ccccc1[N+](=O)[O-]. The van der Waals surface area contributed by atoms with Crippen LogP contribution in [0.15, 0.2) is 35.7 Å². The molecule has 0 saturated heterocycles. The number of hydrogen-bond acceptors (Lipinski definition) is 4. The summed E-state index contributed by atoms with van der Waals surface area (Å²) in [7, 11) is 1.62. The van der Waals surface area contributed by atoms with Crippen molar-refractivity contribution in [3.8, 4) is 5.75 Å². The topological polar surface area (TPSA) is 52.4 Å². The first-order valence-corrected chi connectivity index (χ1v) is 7.40. The number of rotatable bonds is 5. The predicted octanol–water partition coefficient (Wildman–Crippen LogP) is 4.34. The van der Waals surface area contributed by atoms with E-state index in [4.69, 9.17) is 4.74 Å². The summed E-state index contributed by atoms with van der Waals surface area (Å²) in [6, 6.07) is 8.70. The van der Waals surface area contributed by atoms with Crippen LogP contribution >= 0.6 is 27.3 Å². The first-order chi connectivity index (χ1) is 9.13. The summed E-state index contributed by atoms with van der Waals surface area (Å²) >= 11 is 5.16. The van der Waals surface area contributed by atoms with E-state index in [9.17, 15) is 10.1 Å². The fourth-order valence-corrected chi connectivity index (χ4v) is 3.59. The van der Waals surface area contributed by atoms with E-state index in [1.54, 1.807) is 30.6 Å². The summed E-state index contributed by atoms with van der Waals surface area (Å²) in [5.74, 6) is 0.811. The number of nitro groups is 1. The van der Waals surface area contributed by atoms with Crippen molar-refractivity contribution in [1.82, 2.24) is 0 Å². The van der Waals surface area contributed by atoms with Gasteiger partial charge in [-0.25, -0.2) is 0 Å². The van der Waals surface area contributed by atoms with Crippen LogP contribution in [0.25, 0.3) is 0 Å². The zero-order valence-corrected chi connectivity index (χ0v) is 12.6. The molecule has 2 aromatic rings. The lowest BCUT2D eigenvalue weighted by Crippen LogP contribution is -1.99. The highest BCUT2D eigenvalue weighted by molar-refractivity contribution is 9.09. The molecule has 4 nitrogen and oxygen atoms in total. The highest BCUT2D eigenvalue weighted by Crippen LogP contribution is 2.39. The minimum atomic E-state index is -0.347. The number of benzene rings is 1. The number of halogens is 1. The van der Waals surface area contributed by atoms with Crippen molar-refractivity contribution < 1.29 is 9.66 Å². The second kappa shape index (κ2) is 6.16. The Morgan fingerprint density at radius 2 is 2.16 bits per heavy atom. The Morgan fingerprint density at radius 1 is 1.42 bits per heavy atom. The summed E-state index contributed by atoms with van der Waals surface area (Å²) in [4.78, 5) is 11.7. The average Bonchev–Trinajstić information content (AvgIpc) is 2.87. The molecule has 0 bridgehead atoms. The third-order valence-electron chi connectivity index (χ3n) is 2.75. The van der Waals surface area contributed by atoms with Gasteiger partial charge >= 0.3 is 0 Å². The summed E-state index contributed by atoms with van der Waals surface area (Å²) in [6.45, 7) is 0. The molecular weight excluding hydrogens is 330 g/mol. The molecule has 0 saturated carbocycles. The largest absolute Gasteiger partial charge is 0.496 e. The lowest BCUT2D eigenvalue weighted by atomic mass is 10.1. The molecule has 0 aliphatic carbocycles. The number of methoxy groups -OCH3 is 1. The third kappa shape index (κ3) is 3.13. The van der Waals surface area contributed by atoms with Crippen LogP contribution < -0.4 is 4.74 Å². The Morgan fingerprint density at radius 3 is 2.84 bits per heavy atom. The number of thiophene rings is 1. The minimum absolute atomic E-state index is 0.00329. The zero-order valence-electron chi connectivity index (χ0n) is 10.2. The highest BCUT2D eigenvalue weighted by atomic mass is 79.9.